The Morgan fingerprint density at radius 2 is 2.00 bits per heavy atom. The van der Waals surface area contributed by atoms with Crippen LogP contribution in [0.2, 0.25) is 5.02 Å². The number of carbonyl (C=O) groups excluding carboxylic acids is 1. The average molecular weight is 388 g/mol. The van der Waals surface area contributed by atoms with Crippen LogP contribution in [0.5, 0.6) is 5.75 Å². The average Bonchev–Trinajstić information content (AvgIpc) is 2.97. The lowest BCUT2D eigenvalue weighted by molar-refractivity contribution is -0.123. The Hall–Kier alpha value is -3.13. The summed E-state index contributed by atoms with van der Waals surface area (Å²) in [6.07, 6.45) is 1.64. The first-order valence-electron chi connectivity index (χ1n) is 8.25. The number of carbonyl (C=O) groups is 1. The maximum Gasteiger partial charge on any atom is 0.346 e. The van der Waals surface area contributed by atoms with E-state index in [1.54, 1.807) is 49.6 Å². The third kappa shape index (κ3) is 4.73. The van der Waals surface area contributed by atoms with Gasteiger partial charge in [0.25, 0.3) is 5.91 Å². The highest BCUT2D eigenvalue weighted by molar-refractivity contribution is 6.30. The largest absolute Gasteiger partial charge is 0.484 e. The molecule has 3 aromatic rings. The maximum absolute atomic E-state index is 12.3. The number of hydrogen-bond acceptors (Lipinski definition) is 5. The van der Waals surface area contributed by atoms with Crippen molar-refractivity contribution in [3.8, 4) is 17.3 Å². The molecule has 0 saturated heterocycles. The number of ether oxygens (including phenoxy) is 1. The summed E-state index contributed by atoms with van der Waals surface area (Å²) < 4.78 is 8.08. The van der Waals surface area contributed by atoms with E-state index in [1.807, 2.05) is 6.07 Å². The highest BCUT2D eigenvalue weighted by atomic mass is 35.5. The van der Waals surface area contributed by atoms with Gasteiger partial charge in [-0.1, -0.05) is 17.7 Å². The van der Waals surface area contributed by atoms with Gasteiger partial charge in [-0.15, -0.1) is 5.10 Å². The fourth-order valence-electron chi connectivity index (χ4n) is 2.38. The fraction of sp³-hybridized carbons (Fsp3) is 0.222. The van der Waals surface area contributed by atoms with E-state index in [4.69, 9.17) is 16.3 Å². The molecule has 0 radical (unpaired) electrons. The van der Waals surface area contributed by atoms with Crippen molar-refractivity contribution >= 4 is 17.5 Å². The standard InChI is InChI=1S/C18H18ClN5O3/c1-23-17(15-4-2-3-9-20-15)22-24(18(23)26)11-10-21-16(25)12-27-14-7-5-13(19)6-8-14/h2-9H,10-12H2,1H3,(H,21,25). The highest BCUT2D eigenvalue weighted by Crippen LogP contribution is 2.15. The summed E-state index contributed by atoms with van der Waals surface area (Å²) in [5, 5.41) is 7.58. The van der Waals surface area contributed by atoms with Crippen LogP contribution in [0.15, 0.2) is 53.5 Å². The molecule has 2 aromatic heterocycles. The molecule has 3 rings (SSSR count). The van der Waals surface area contributed by atoms with Gasteiger partial charge >= 0.3 is 5.69 Å². The van der Waals surface area contributed by atoms with Gasteiger partial charge in [0, 0.05) is 24.8 Å². The summed E-state index contributed by atoms with van der Waals surface area (Å²) in [5.41, 5.74) is 0.332. The first-order chi connectivity index (χ1) is 13.0. The number of rotatable bonds is 7. The third-order valence-electron chi connectivity index (χ3n) is 3.76. The summed E-state index contributed by atoms with van der Waals surface area (Å²) in [4.78, 5) is 28.3. The van der Waals surface area contributed by atoms with Gasteiger partial charge < -0.3 is 10.1 Å². The summed E-state index contributed by atoms with van der Waals surface area (Å²) in [5.74, 6) is 0.729. The van der Waals surface area contributed by atoms with Crippen molar-refractivity contribution in [3.05, 3.63) is 64.2 Å². The molecule has 9 heteroatoms. The van der Waals surface area contributed by atoms with Gasteiger partial charge in [-0.2, -0.15) is 0 Å². The lowest BCUT2D eigenvalue weighted by Crippen LogP contribution is -2.34. The van der Waals surface area contributed by atoms with Crippen LogP contribution in [0.4, 0.5) is 0 Å². The van der Waals surface area contributed by atoms with E-state index in [1.165, 1.54) is 9.25 Å². The lowest BCUT2D eigenvalue weighted by Gasteiger charge is -2.07. The van der Waals surface area contributed by atoms with Gasteiger partial charge in [0.2, 0.25) is 0 Å². The van der Waals surface area contributed by atoms with Crippen LogP contribution in [-0.4, -0.2) is 38.4 Å². The molecule has 0 aliphatic rings. The first kappa shape index (κ1) is 18.7. The smallest absolute Gasteiger partial charge is 0.346 e. The topological polar surface area (TPSA) is 91.0 Å². The lowest BCUT2D eigenvalue weighted by atomic mass is 10.3. The number of nitrogens with zero attached hydrogens (tertiary/aromatic N) is 4. The summed E-state index contributed by atoms with van der Waals surface area (Å²) in [7, 11) is 1.63. The molecular formula is C18H18ClN5O3. The van der Waals surface area contributed by atoms with Crippen molar-refractivity contribution in [3.63, 3.8) is 0 Å². The molecule has 0 spiro atoms. The molecule has 2 heterocycles. The van der Waals surface area contributed by atoms with E-state index >= 15 is 0 Å². The van der Waals surface area contributed by atoms with Gasteiger partial charge in [-0.3, -0.25) is 14.3 Å². The Bertz CT molecular complexity index is 967. The molecule has 1 N–H and O–H groups in total. The summed E-state index contributed by atoms with van der Waals surface area (Å²) in [6, 6.07) is 12.1. The van der Waals surface area contributed by atoms with E-state index < -0.39 is 0 Å². The van der Waals surface area contributed by atoms with Crippen LogP contribution >= 0.6 is 11.6 Å². The molecule has 0 unspecified atom stereocenters. The molecule has 0 saturated carbocycles. The SMILES string of the molecule is Cn1c(-c2ccccn2)nn(CCNC(=O)COc2ccc(Cl)cc2)c1=O. The van der Waals surface area contributed by atoms with Crippen LogP contribution < -0.4 is 15.7 Å². The predicted octanol–water partition coefficient (Wildman–Crippen LogP) is 1.49. The second kappa shape index (κ2) is 8.50. The minimum Gasteiger partial charge on any atom is -0.484 e. The zero-order chi connectivity index (χ0) is 19.2. The molecule has 27 heavy (non-hydrogen) atoms. The first-order valence-corrected chi connectivity index (χ1v) is 8.62. The number of hydrogen-bond donors (Lipinski definition) is 1. The Balaban J connectivity index is 1.52. The monoisotopic (exact) mass is 387 g/mol. The third-order valence-corrected chi connectivity index (χ3v) is 4.02. The second-order valence-electron chi connectivity index (χ2n) is 5.70. The molecule has 0 aliphatic heterocycles. The Morgan fingerprint density at radius 3 is 2.70 bits per heavy atom. The van der Waals surface area contributed by atoms with Gasteiger partial charge in [-0.05, 0) is 36.4 Å². The van der Waals surface area contributed by atoms with Crippen LogP contribution in [0.3, 0.4) is 0 Å². The van der Waals surface area contributed by atoms with Crippen LogP contribution in [0, 0.1) is 0 Å². The normalized spacial score (nSPS) is 10.6. The molecule has 0 bridgehead atoms. The number of benzene rings is 1. The van der Waals surface area contributed by atoms with E-state index in [0.29, 0.717) is 22.3 Å². The fourth-order valence-corrected chi connectivity index (χ4v) is 2.51. The predicted molar refractivity (Wildman–Crippen MR) is 101 cm³/mol. The Kier molecular flexibility index (Phi) is 5.87. The minimum absolute atomic E-state index is 0.127. The number of amides is 1. The molecule has 8 nitrogen and oxygen atoms in total. The van der Waals surface area contributed by atoms with E-state index in [-0.39, 0.29) is 31.3 Å². The second-order valence-corrected chi connectivity index (χ2v) is 6.13. The molecule has 0 aliphatic carbocycles. The minimum atomic E-state index is -0.293. The van der Waals surface area contributed by atoms with Crippen LogP contribution in [-0.2, 0) is 18.4 Å². The van der Waals surface area contributed by atoms with Gasteiger partial charge in [-0.25, -0.2) is 9.48 Å². The molecule has 0 fully saturated rings. The van der Waals surface area contributed by atoms with Crippen molar-refractivity contribution in [2.75, 3.05) is 13.2 Å². The number of aromatic nitrogens is 4. The summed E-state index contributed by atoms with van der Waals surface area (Å²) >= 11 is 5.79. The van der Waals surface area contributed by atoms with Crippen molar-refractivity contribution in [2.24, 2.45) is 7.05 Å². The van der Waals surface area contributed by atoms with Crippen molar-refractivity contribution < 1.29 is 9.53 Å². The number of halogens is 1. The molecular weight excluding hydrogens is 370 g/mol. The van der Waals surface area contributed by atoms with Crippen molar-refractivity contribution in [1.29, 1.82) is 0 Å². The molecule has 0 atom stereocenters. The molecule has 1 aromatic carbocycles. The Morgan fingerprint density at radius 1 is 1.22 bits per heavy atom. The van der Waals surface area contributed by atoms with Crippen molar-refractivity contribution in [1.82, 2.24) is 24.6 Å². The maximum atomic E-state index is 12.3. The zero-order valence-corrected chi connectivity index (χ0v) is 15.4. The van der Waals surface area contributed by atoms with Gasteiger partial charge in [0.1, 0.15) is 11.4 Å². The van der Waals surface area contributed by atoms with Crippen LogP contribution in [0.25, 0.3) is 11.5 Å². The van der Waals surface area contributed by atoms with E-state index in [2.05, 4.69) is 15.4 Å². The summed E-state index contributed by atoms with van der Waals surface area (Å²) in [6.45, 7) is 0.367. The number of pyridine rings is 1. The number of nitrogens with one attached hydrogen (secondary N) is 1. The van der Waals surface area contributed by atoms with Crippen molar-refractivity contribution in [2.45, 2.75) is 6.54 Å². The van der Waals surface area contributed by atoms with Gasteiger partial charge in [0.15, 0.2) is 12.4 Å². The van der Waals surface area contributed by atoms with E-state index in [0.717, 1.165) is 0 Å². The molecule has 1 amide bonds. The van der Waals surface area contributed by atoms with E-state index in [9.17, 15) is 9.59 Å². The van der Waals surface area contributed by atoms with Crippen LogP contribution in [0.1, 0.15) is 0 Å². The zero-order valence-electron chi connectivity index (χ0n) is 14.6. The quantitative estimate of drug-likeness (QED) is 0.663. The highest BCUT2D eigenvalue weighted by Gasteiger charge is 2.13. The molecule has 140 valence electrons. The van der Waals surface area contributed by atoms with Gasteiger partial charge in [0.05, 0.1) is 6.54 Å². The Labute approximate surface area is 160 Å².